The van der Waals surface area contributed by atoms with Gasteiger partial charge in [-0.3, -0.25) is 0 Å². The Kier molecular flexibility index (Phi) is 4.72. The van der Waals surface area contributed by atoms with Gasteiger partial charge in [0.2, 0.25) is 0 Å². The highest BCUT2D eigenvalue weighted by Gasteiger charge is 1.99. The van der Waals surface area contributed by atoms with E-state index in [9.17, 15) is 4.79 Å². The Bertz CT molecular complexity index is 402. The van der Waals surface area contributed by atoms with Crippen molar-refractivity contribution in [1.29, 1.82) is 0 Å². The largest absolute Gasteiger partial charge is 0.335 e. The lowest BCUT2D eigenvalue weighted by molar-refractivity contribution is 0.241. The van der Waals surface area contributed by atoms with Crippen LogP contribution in [0.25, 0.3) is 0 Å². The van der Waals surface area contributed by atoms with Crippen molar-refractivity contribution in [2.24, 2.45) is 5.10 Å². The Morgan fingerprint density at radius 1 is 1.56 bits per heavy atom. The SMILES string of the molecule is CC(C)=NNC(=O)NCc1ccnc(Cl)c1. The number of carbonyl (C=O) groups is 1. The van der Waals surface area contributed by atoms with Gasteiger partial charge in [-0.25, -0.2) is 15.2 Å². The van der Waals surface area contributed by atoms with E-state index >= 15 is 0 Å². The predicted molar refractivity (Wildman–Crippen MR) is 63.4 cm³/mol. The van der Waals surface area contributed by atoms with Crippen LogP contribution in [0.5, 0.6) is 0 Å². The fourth-order valence-electron chi connectivity index (χ4n) is 0.937. The summed E-state index contributed by atoms with van der Waals surface area (Å²) in [6.07, 6.45) is 1.59. The number of urea groups is 1. The van der Waals surface area contributed by atoms with Crippen molar-refractivity contribution < 1.29 is 4.79 Å². The zero-order chi connectivity index (χ0) is 12.0. The summed E-state index contributed by atoms with van der Waals surface area (Å²) in [6.45, 7) is 3.97. The van der Waals surface area contributed by atoms with Crippen LogP contribution in [-0.4, -0.2) is 16.7 Å². The molecule has 0 aliphatic carbocycles. The minimum atomic E-state index is -0.353. The van der Waals surface area contributed by atoms with Gasteiger partial charge in [-0.2, -0.15) is 5.10 Å². The zero-order valence-electron chi connectivity index (χ0n) is 9.12. The molecule has 0 atom stereocenters. The number of halogens is 1. The minimum absolute atomic E-state index is 0.353. The molecule has 5 nitrogen and oxygen atoms in total. The number of nitrogens with one attached hydrogen (secondary N) is 2. The lowest BCUT2D eigenvalue weighted by Gasteiger charge is -2.04. The number of rotatable bonds is 3. The molecule has 0 saturated heterocycles. The van der Waals surface area contributed by atoms with Crippen molar-refractivity contribution in [3.05, 3.63) is 29.0 Å². The molecule has 0 spiro atoms. The Balaban J connectivity index is 2.40. The molecule has 16 heavy (non-hydrogen) atoms. The summed E-state index contributed by atoms with van der Waals surface area (Å²) in [4.78, 5) is 15.1. The topological polar surface area (TPSA) is 66.4 Å². The smallest absolute Gasteiger partial charge is 0.333 e. The van der Waals surface area contributed by atoms with Gasteiger partial charge in [0.05, 0.1) is 0 Å². The first kappa shape index (κ1) is 12.4. The first-order valence-corrected chi connectivity index (χ1v) is 5.11. The van der Waals surface area contributed by atoms with E-state index in [1.54, 1.807) is 32.2 Å². The summed E-state index contributed by atoms with van der Waals surface area (Å²) in [5.41, 5.74) is 4.02. The van der Waals surface area contributed by atoms with Crippen molar-refractivity contribution in [1.82, 2.24) is 15.7 Å². The summed E-state index contributed by atoms with van der Waals surface area (Å²) >= 11 is 5.70. The van der Waals surface area contributed by atoms with Gasteiger partial charge in [-0.05, 0) is 31.5 Å². The summed E-state index contributed by atoms with van der Waals surface area (Å²) in [6, 6.07) is 3.12. The summed E-state index contributed by atoms with van der Waals surface area (Å²) in [5, 5.41) is 6.81. The van der Waals surface area contributed by atoms with E-state index in [2.05, 4.69) is 20.8 Å². The van der Waals surface area contributed by atoms with Crippen molar-refractivity contribution >= 4 is 23.3 Å². The van der Waals surface area contributed by atoms with Crippen molar-refractivity contribution in [3.63, 3.8) is 0 Å². The molecule has 0 bridgehead atoms. The van der Waals surface area contributed by atoms with Gasteiger partial charge in [0.25, 0.3) is 0 Å². The van der Waals surface area contributed by atoms with Crippen LogP contribution in [0.2, 0.25) is 5.15 Å². The second-order valence-corrected chi connectivity index (χ2v) is 3.73. The molecule has 0 aliphatic rings. The Morgan fingerprint density at radius 3 is 2.94 bits per heavy atom. The summed E-state index contributed by atoms with van der Waals surface area (Å²) in [5.74, 6) is 0. The van der Waals surface area contributed by atoms with Crippen molar-refractivity contribution in [2.45, 2.75) is 20.4 Å². The van der Waals surface area contributed by atoms with Gasteiger partial charge >= 0.3 is 6.03 Å². The van der Waals surface area contributed by atoms with Gasteiger partial charge in [-0.1, -0.05) is 11.6 Å². The third-order valence-corrected chi connectivity index (χ3v) is 1.83. The average Bonchev–Trinajstić information content (AvgIpc) is 2.23. The van der Waals surface area contributed by atoms with Gasteiger partial charge in [-0.15, -0.1) is 0 Å². The molecular formula is C10H13ClN4O. The van der Waals surface area contributed by atoms with E-state index < -0.39 is 0 Å². The molecule has 0 unspecified atom stereocenters. The van der Waals surface area contributed by atoms with E-state index in [4.69, 9.17) is 11.6 Å². The fourth-order valence-corrected chi connectivity index (χ4v) is 1.13. The molecule has 6 heteroatoms. The van der Waals surface area contributed by atoms with Gasteiger partial charge in [0, 0.05) is 18.5 Å². The molecule has 1 rings (SSSR count). The van der Waals surface area contributed by atoms with Gasteiger partial charge < -0.3 is 5.32 Å². The van der Waals surface area contributed by atoms with Crippen molar-refractivity contribution in [3.8, 4) is 0 Å². The maximum Gasteiger partial charge on any atom is 0.335 e. The van der Waals surface area contributed by atoms with Crippen LogP contribution < -0.4 is 10.7 Å². The number of hydrazone groups is 1. The average molecular weight is 241 g/mol. The normalized spacial score (nSPS) is 9.44. The highest BCUT2D eigenvalue weighted by Crippen LogP contribution is 2.06. The first-order valence-electron chi connectivity index (χ1n) is 4.73. The highest BCUT2D eigenvalue weighted by molar-refractivity contribution is 6.29. The Labute approximate surface area is 98.9 Å². The van der Waals surface area contributed by atoms with E-state index in [1.165, 1.54) is 0 Å². The minimum Gasteiger partial charge on any atom is -0.333 e. The fraction of sp³-hybridized carbons (Fsp3) is 0.300. The molecule has 1 aromatic rings. The predicted octanol–water partition coefficient (Wildman–Crippen LogP) is 1.93. The monoisotopic (exact) mass is 240 g/mol. The molecule has 86 valence electrons. The maximum atomic E-state index is 11.2. The van der Waals surface area contributed by atoms with E-state index in [-0.39, 0.29) is 6.03 Å². The molecular weight excluding hydrogens is 228 g/mol. The second kappa shape index (κ2) is 6.07. The third-order valence-electron chi connectivity index (χ3n) is 1.63. The molecule has 0 aromatic carbocycles. The molecule has 0 saturated carbocycles. The first-order chi connectivity index (χ1) is 7.58. The summed E-state index contributed by atoms with van der Waals surface area (Å²) < 4.78 is 0. The van der Waals surface area contributed by atoms with Gasteiger partial charge in [0.1, 0.15) is 5.15 Å². The van der Waals surface area contributed by atoms with Gasteiger partial charge in [0.15, 0.2) is 0 Å². The van der Waals surface area contributed by atoms with Crippen LogP contribution in [0, 0.1) is 0 Å². The number of carbonyl (C=O) groups excluding carboxylic acids is 1. The molecule has 0 fully saturated rings. The molecule has 2 N–H and O–H groups in total. The third kappa shape index (κ3) is 4.75. The highest BCUT2D eigenvalue weighted by atomic mass is 35.5. The van der Waals surface area contributed by atoms with Crippen LogP contribution in [0.3, 0.4) is 0 Å². The van der Waals surface area contributed by atoms with E-state index in [0.717, 1.165) is 11.3 Å². The number of nitrogens with zero attached hydrogens (tertiary/aromatic N) is 2. The molecule has 0 radical (unpaired) electrons. The Hall–Kier alpha value is -1.62. The van der Waals surface area contributed by atoms with Crippen LogP contribution in [0.4, 0.5) is 4.79 Å². The summed E-state index contributed by atoms with van der Waals surface area (Å²) in [7, 11) is 0. The Morgan fingerprint density at radius 2 is 2.31 bits per heavy atom. The lowest BCUT2D eigenvalue weighted by Crippen LogP contribution is -2.32. The van der Waals surface area contributed by atoms with E-state index in [1.807, 2.05) is 0 Å². The van der Waals surface area contributed by atoms with Crippen LogP contribution in [0.15, 0.2) is 23.4 Å². The molecule has 0 aliphatic heterocycles. The van der Waals surface area contributed by atoms with Crippen molar-refractivity contribution in [2.75, 3.05) is 0 Å². The number of aromatic nitrogens is 1. The van der Waals surface area contributed by atoms with E-state index in [0.29, 0.717) is 11.7 Å². The number of hydrogen-bond acceptors (Lipinski definition) is 3. The van der Waals surface area contributed by atoms with Crippen LogP contribution in [-0.2, 0) is 6.54 Å². The number of hydrogen-bond donors (Lipinski definition) is 2. The van der Waals surface area contributed by atoms with Crippen LogP contribution in [0.1, 0.15) is 19.4 Å². The standard InChI is InChI=1S/C10H13ClN4O/c1-7(2)14-15-10(16)13-6-8-3-4-12-9(11)5-8/h3-5H,6H2,1-2H3,(H2,13,15,16). The quantitative estimate of drug-likeness (QED) is 0.482. The second-order valence-electron chi connectivity index (χ2n) is 3.34. The molecule has 1 aromatic heterocycles. The molecule has 1 heterocycles. The number of pyridine rings is 1. The molecule has 2 amide bonds. The lowest BCUT2D eigenvalue weighted by atomic mass is 10.3. The maximum absolute atomic E-state index is 11.2. The number of amides is 2. The zero-order valence-corrected chi connectivity index (χ0v) is 9.88. The van der Waals surface area contributed by atoms with Crippen LogP contribution >= 0.6 is 11.6 Å².